The number of aromatic nitrogens is 2. The number of benzene rings is 2. The standard InChI is InChI=1S/C36H46ClN7O4/c1-3-32(45)40-30(36(48)44-20-18-43(19-21-44)24-26-8-7-11-28(37)22-26)23-25-12-14-29(15-13-25)39-35(47)33(27-9-5-4-6-10-27)41-34(46)31-16-17-38-42(31)2/h7-8,11-17,22,27,30,33H,3-6,9-10,18-21,23-24H2,1-2H3,(H,39,47)(H,40,45)(H,41,46)/t30-,33+/m1/s1. The summed E-state index contributed by atoms with van der Waals surface area (Å²) in [5, 5.41) is 13.7. The normalized spacial score (nSPS) is 16.9. The SMILES string of the molecule is CCC(=O)N[C@H](Cc1ccc(NC(=O)[C@@H](NC(=O)c2ccnn2C)C2CCCCC2)cc1)C(=O)N1CCN(Cc2cccc(Cl)c2)CC1. The van der Waals surface area contributed by atoms with E-state index in [0.717, 1.165) is 62.9 Å². The molecule has 256 valence electrons. The van der Waals surface area contributed by atoms with Crippen molar-refractivity contribution in [3.8, 4) is 0 Å². The van der Waals surface area contributed by atoms with Gasteiger partial charge in [0.1, 0.15) is 17.8 Å². The second kappa shape index (κ2) is 16.7. The second-order valence-corrected chi connectivity index (χ2v) is 13.2. The summed E-state index contributed by atoms with van der Waals surface area (Å²) in [6.07, 6.45) is 7.09. The van der Waals surface area contributed by atoms with Crippen LogP contribution in [-0.2, 0) is 34.4 Å². The Morgan fingerprint density at radius 3 is 2.29 bits per heavy atom. The van der Waals surface area contributed by atoms with E-state index < -0.39 is 12.1 Å². The van der Waals surface area contributed by atoms with Gasteiger partial charge in [-0.25, -0.2) is 0 Å². The zero-order valence-corrected chi connectivity index (χ0v) is 28.5. The van der Waals surface area contributed by atoms with Crippen LogP contribution in [0.5, 0.6) is 0 Å². The fraction of sp³-hybridized carbons (Fsp3) is 0.472. The molecule has 2 fully saturated rings. The van der Waals surface area contributed by atoms with Gasteiger partial charge in [0.25, 0.3) is 5.91 Å². The van der Waals surface area contributed by atoms with Crippen molar-refractivity contribution in [3.63, 3.8) is 0 Å². The first kappa shape index (κ1) is 35.1. The molecule has 2 heterocycles. The Labute approximate surface area is 287 Å². The summed E-state index contributed by atoms with van der Waals surface area (Å²) in [6.45, 7) is 5.13. The molecule has 12 heteroatoms. The van der Waals surface area contributed by atoms with Gasteiger partial charge in [0.15, 0.2) is 0 Å². The molecule has 1 aliphatic carbocycles. The first-order chi connectivity index (χ1) is 23.2. The number of rotatable bonds is 12. The zero-order valence-electron chi connectivity index (χ0n) is 27.8. The van der Waals surface area contributed by atoms with Crippen LogP contribution in [0.1, 0.15) is 67.1 Å². The molecular weight excluding hydrogens is 630 g/mol. The fourth-order valence-electron chi connectivity index (χ4n) is 6.59. The van der Waals surface area contributed by atoms with Gasteiger partial charge in [0, 0.05) is 69.5 Å². The molecule has 11 nitrogen and oxygen atoms in total. The monoisotopic (exact) mass is 675 g/mol. The summed E-state index contributed by atoms with van der Waals surface area (Å²) >= 11 is 6.15. The van der Waals surface area contributed by atoms with Crippen LogP contribution in [0.15, 0.2) is 60.8 Å². The number of carbonyl (C=O) groups is 4. The molecule has 1 aromatic heterocycles. The number of halogens is 1. The minimum atomic E-state index is -0.699. The molecule has 1 saturated carbocycles. The Bertz CT molecular complexity index is 1560. The molecule has 2 aliphatic rings. The third-order valence-electron chi connectivity index (χ3n) is 9.34. The van der Waals surface area contributed by atoms with E-state index >= 15 is 0 Å². The highest BCUT2D eigenvalue weighted by Gasteiger charge is 2.32. The summed E-state index contributed by atoms with van der Waals surface area (Å²) in [4.78, 5) is 56.8. The molecule has 3 N–H and O–H groups in total. The lowest BCUT2D eigenvalue weighted by Crippen LogP contribution is -2.55. The smallest absolute Gasteiger partial charge is 0.270 e. The van der Waals surface area contributed by atoms with Gasteiger partial charge < -0.3 is 20.9 Å². The van der Waals surface area contributed by atoms with Crippen molar-refractivity contribution >= 4 is 40.9 Å². The van der Waals surface area contributed by atoms with E-state index in [9.17, 15) is 19.2 Å². The highest BCUT2D eigenvalue weighted by Crippen LogP contribution is 2.28. The van der Waals surface area contributed by atoms with Gasteiger partial charge in [-0.1, -0.05) is 62.1 Å². The maximum Gasteiger partial charge on any atom is 0.270 e. The number of aryl methyl sites for hydroxylation is 1. The van der Waals surface area contributed by atoms with Gasteiger partial charge in [-0.2, -0.15) is 5.10 Å². The molecule has 5 rings (SSSR count). The maximum absolute atomic E-state index is 13.7. The fourth-order valence-corrected chi connectivity index (χ4v) is 6.81. The molecule has 2 atom stereocenters. The number of carbonyl (C=O) groups excluding carboxylic acids is 4. The maximum atomic E-state index is 13.7. The van der Waals surface area contributed by atoms with E-state index in [1.807, 2.05) is 41.3 Å². The zero-order chi connectivity index (χ0) is 34.0. The summed E-state index contributed by atoms with van der Waals surface area (Å²) in [6, 6.07) is 15.4. The molecule has 1 aliphatic heterocycles. The van der Waals surface area contributed by atoms with E-state index in [1.54, 1.807) is 38.4 Å². The van der Waals surface area contributed by atoms with Crippen molar-refractivity contribution in [2.75, 3.05) is 31.5 Å². The number of hydrogen-bond acceptors (Lipinski definition) is 6. The second-order valence-electron chi connectivity index (χ2n) is 12.8. The van der Waals surface area contributed by atoms with E-state index in [1.165, 1.54) is 4.68 Å². The Hall–Kier alpha value is -4.22. The van der Waals surface area contributed by atoms with Crippen molar-refractivity contribution in [2.45, 2.75) is 70.5 Å². The minimum Gasteiger partial charge on any atom is -0.344 e. The molecule has 1 saturated heterocycles. The average molecular weight is 676 g/mol. The topological polar surface area (TPSA) is 129 Å². The largest absolute Gasteiger partial charge is 0.344 e. The van der Waals surface area contributed by atoms with Crippen molar-refractivity contribution in [1.29, 1.82) is 0 Å². The summed E-state index contributed by atoms with van der Waals surface area (Å²) < 4.78 is 1.49. The first-order valence-electron chi connectivity index (χ1n) is 16.9. The van der Waals surface area contributed by atoms with Crippen molar-refractivity contribution in [1.82, 2.24) is 30.2 Å². The predicted octanol–water partition coefficient (Wildman–Crippen LogP) is 4.17. The Kier molecular flexibility index (Phi) is 12.2. The predicted molar refractivity (Wildman–Crippen MR) is 185 cm³/mol. The van der Waals surface area contributed by atoms with Crippen molar-refractivity contribution in [2.24, 2.45) is 13.0 Å². The quantitative estimate of drug-likeness (QED) is 0.264. The van der Waals surface area contributed by atoms with E-state index in [2.05, 4.69) is 25.9 Å². The molecule has 0 radical (unpaired) electrons. The van der Waals surface area contributed by atoms with Gasteiger partial charge in [-0.15, -0.1) is 0 Å². The minimum absolute atomic E-state index is 0.0443. The van der Waals surface area contributed by atoms with Crippen LogP contribution in [0.4, 0.5) is 5.69 Å². The van der Waals surface area contributed by atoms with Gasteiger partial charge in [0.2, 0.25) is 17.7 Å². The van der Waals surface area contributed by atoms with Crippen molar-refractivity contribution in [3.05, 3.63) is 82.6 Å². The van der Waals surface area contributed by atoms with Crippen LogP contribution in [0, 0.1) is 5.92 Å². The van der Waals surface area contributed by atoms with Crippen LogP contribution >= 0.6 is 11.6 Å². The molecule has 3 aromatic rings. The number of amides is 4. The number of piperazine rings is 1. The Morgan fingerprint density at radius 2 is 1.65 bits per heavy atom. The number of anilines is 1. The Morgan fingerprint density at radius 1 is 0.917 bits per heavy atom. The van der Waals surface area contributed by atoms with E-state index in [0.29, 0.717) is 35.9 Å². The third kappa shape index (κ3) is 9.44. The summed E-state index contributed by atoms with van der Waals surface area (Å²) in [7, 11) is 1.70. The third-order valence-corrected chi connectivity index (χ3v) is 9.57. The van der Waals surface area contributed by atoms with Gasteiger partial charge in [0.05, 0.1) is 0 Å². The molecular formula is C36H46ClN7O4. The van der Waals surface area contributed by atoms with Crippen LogP contribution in [0.25, 0.3) is 0 Å². The highest BCUT2D eigenvalue weighted by atomic mass is 35.5. The summed E-state index contributed by atoms with van der Waals surface area (Å²) in [5.41, 5.74) is 2.98. The van der Waals surface area contributed by atoms with E-state index in [4.69, 9.17) is 11.6 Å². The molecule has 0 spiro atoms. The molecule has 0 unspecified atom stereocenters. The van der Waals surface area contributed by atoms with Crippen LogP contribution in [-0.4, -0.2) is 81.5 Å². The van der Waals surface area contributed by atoms with Crippen LogP contribution in [0.3, 0.4) is 0 Å². The summed E-state index contributed by atoms with van der Waals surface area (Å²) in [5.74, 6) is -0.830. The van der Waals surface area contributed by atoms with Gasteiger partial charge >= 0.3 is 0 Å². The first-order valence-corrected chi connectivity index (χ1v) is 17.3. The molecule has 48 heavy (non-hydrogen) atoms. The highest BCUT2D eigenvalue weighted by molar-refractivity contribution is 6.30. The molecule has 4 amide bonds. The van der Waals surface area contributed by atoms with Crippen LogP contribution in [0.2, 0.25) is 5.02 Å². The lowest BCUT2D eigenvalue weighted by molar-refractivity contribution is -0.138. The number of nitrogens with one attached hydrogen (secondary N) is 3. The van der Waals surface area contributed by atoms with Gasteiger partial charge in [-0.3, -0.25) is 28.8 Å². The average Bonchev–Trinajstić information content (AvgIpc) is 3.53. The lowest BCUT2D eigenvalue weighted by atomic mass is 9.83. The van der Waals surface area contributed by atoms with Crippen molar-refractivity contribution < 1.29 is 19.2 Å². The van der Waals surface area contributed by atoms with E-state index in [-0.39, 0.29) is 36.0 Å². The molecule has 2 aromatic carbocycles. The number of hydrogen-bond donors (Lipinski definition) is 3. The molecule has 0 bridgehead atoms. The van der Waals surface area contributed by atoms with Gasteiger partial charge in [-0.05, 0) is 60.2 Å². The lowest BCUT2D eigenvalue weighted by Gasteiger charge is -2.36. The number of nitrogens with zero attached hydrogens (tertiary/aromatic N) is 4. The van der Waals surface area contributed by atoms with Crippen LogP contribution < -0.4 is 16.0 Å². The Balaban J connectivity index is 1.20.